The van der Waals surface area contributed by atoms with Gasteiger partial charge in [0.2, 0.25) is 0 Å². The minimum Gasteiger partial charge on any atom is -0.479 e. The van der Waals surface area contributed by atoms with Gasteiger partial charge in [0.25, 0.3) is 0 Å². The Morgan fingerprint density at radius 2 is 2.05 bits per heavy atom. The Morgan fingerprint density at radius 3 is 2.60 bits per heavy atom. The largest absolute Gasteiger partial charge is 0.479 e. The zero-order valence-corrected chi connectivity index (χ0v) is 11.3. The number of carbonyl (C=O) groups excluding carboxylic acids is 1. The van der Waals surface area contributed by atoms with Crippen LogP contribution in [0.15, 0.2) is 35.4 Å². The smallest absolute Gasteiger partial charge is 0.355 e. The highest BCUT2D eigenvalue weighted by Gasteiger charge is 2.51. The monoisotopic (exact) mass is 276 g/mol. The first-order valence-corrected chi connectivity index (χ1v) is 6.31. The number of carboxylic acids is 1. The minimum atomic E-state index is -1.37. The molecule has 0 saturated carbocycles. The summed E-state index contributed by atoms with van der Waals surface area (Å²) < 4.78 is 4.95. The summed E-state index contributed by atoms with van der Waals surface area (Å²) in [5, 5.41) is 13.3. The molecule has 1 aliphatic rings. The molecule has 0 amide bonds. The van der Waals surface area contributed by atoms with Crippen molar-refractivity contribution in [2.75, 3.05) is 6.61 Å². The van der Waals surface area contributed by atoms with E-state index in [-0.39, 0.29) is 12.3 Å². The second-order valence-corrected chi connectivity index (χ2v) is 4.68. The van der Waals surface area contributed by atoms with Crippen molar-refractivity contribution in [1.82, 2.24) is 5.43 Å². The van der Waals surface area contributed by atoms with Crippen molar-refractivity contribution in [1.29, 1.82) is 0 Å². The fraction of sp³-hybridized carbons (Fsp3) is 0.357. The Hall–Kier alpha value is -2.37. The molecule has 0 unspecified atom stereocenters. The zero-order valence-electron chi connectivity index (χ0n) is 11.3. The van der Waals surface area contributed by atoms with E-state index in [0.717, 1.165) is 0 Å². The maximum absolute atomic E-state index is 12.0. The van der Waals surface area contributed by atoms with Gasteiger partial charge in [0.15, 0.2) is 11.3 Å². The molecule has 0 aliphatic carbocycles. The molecule has 0 aromatic heterocycles. The van der Waals surface area contributed by atoms with Gasteiger partial charge < -0.3 is 9.84 Å². The summed E-state index contributed by atoms with van der Waals surface area (Å²) in [6, 6.07) is 8.95. The molecule has 2 N–H and O–H groups in total. The number of nitrogens with zero attached hydrogens (tertiary/aromatic N) is 1. The lowest BCUT2D eigenvalue weighted by Crippen LogP contribution is -2.50. The molecule has 1 aliphatic heterocycles. The van der Waals surface area contributed by atoms with Crippen LogP contribution in [0.5, 0.6) is 0 Å². The van der Waals surface area contributed by atoms with Gasteiger partial charge in [0.05, 0.1) is 12.5 Å². The summed E-state index contributed by atoms with van der Waals surface area (Å²) in [5.41, 5.74) is 1.98. The van der Waals surface area contributed by atoms with E-state index in [9.17, 15) is 14.7 Å². The number of esters is 1. The van der Waals surface area contributed by atoms with Crippen molar-refractivity contribution in [3.8, 4) is 0 Å². The molecule has 6 heteroatoms. The van der Waals surface area contributed by atoms with Gasteiger partial charge in [-0.1, -0.05) is 30.3 Å². The Labute approximate surface area is 116 Å². The summed E-state index contributed by atoms with van der Waals surface area (Å²) in [6.45, 7) is 3.40. The fourth-order valence-corrected chi connectivity index (χ4v) is 2.26. The van der Waals surface area contributed by atoms with E-state index in [4.69, 9.17) is 4.74 Å². The first kappa shape index (κ1) is 14.0. The molecule has 0 spiro atoms. The zero-order chi connectivity index (χ0) is 14.8. The second-order valence-electron chi connectivity index (χ2n) is 4.68. The quantitative estimate of drug-likeness (QED) is 0.805. The van der Waals surface area contributed by atoms with Crippen LogP contribution in [0.3, 0.4) is 0 Å². The van der Waals surface area contributed by atoms with E-state index >= 15 is 0 Å². The third-order valence-corrected chi connectivity index (χ3v) is 3.32. The first-order chi connectivity index (χ1) is 9.50. The van der Waals surface area contributed by atoms with E-state index in [1.165, 1.54) is 6.92 Å². The average molecular weight is 276 g/mol. The number of hydrazone groups is 1. The van der Waals surface area contributed by atoms with E-state index in [1.807, 2.05) is 6.07 Å². The van der Waals surface area contributed by atoms with Crippen LogP contribution in [0, 0.1) is 0 Å². The summed E-state index contributed by atoms with van der Waals surface area (Å²) in [6.07, 6.45) is 0. The lowest BCUT2D eigenvalue weighted by atomic mass is 9.79. The van der Waals surface area contributed by atoms with E-state index in [0.29, 0.717) is 5.56 Å². The van der Waals surface area contributed by atoms with Gasteiger partial charge in [0.1, 0.15) is 0 Å². The van der Waals surface area contributed by atoms with Crippen LogP contribution in [0.25, 0.3) is 0 Å². The summed E-state index contributed by atoms with van der Waals surface area (Å²) in [4.78, 5) is 23.5. The number of ether oxygens (including phenoxy) is 1. The van der Waals surface area contributed by atoms with Crippen LogP contribution in [0.2, 0.25) is 0 Å². The van der Waals surface area contributed by atoms with Crippen LogP contribution in [-0.4, -0.2) is 34.9 Å². The van der Waals surface area contributed by atoms with Gasteiger partial charge in [-0.2, -0.15) is 5.10 Å². The van der Waals surface area contributed by atoms with Crippen molar-refractivity contribution < 1.29 is 19.4 Å². The number of carboxylic acid groups (broad SMARTS) is 1. The van der Waals surface area contributed by atoms with Gasteiger partial charge in [0, 0.05) is 0 Å². The van der Waals surface area contributed by atoms with Gasteiger partial charge in [-0.25, -0.2) is 9.59 Å². The lowest BCUT2D eigenvalue weighted by molar-refractivity contribution is -0.144. The Balaban J connectivity index is 2.44. The number of carbonyl (C=O) groups is 2. The molecule has 0 bridgehead atoms. The van der Waals surface area contributed by atoms with Crippen LogP contribution < -0.4 is 5.43 Å². The van der Waals surface area contributed by atoms with Crippen molar-refractivity contribution in [2.24, 2.45) is 5.10 Å². The maximum Gasteiger partial charge on any atom is 0.355 e. The molecule has 20 heavy (non-hydrogen) atoms. The van der Waals surface area contributed by atoms with Gasteiger partial charge in [-0.05, 0) is 19.4 Å². The molecule has 0 fully saturated rings. The molecule has 1 aromatic carbocycles. The normalized spacial score (nSPS) is 24.7. The predicted molar refractivity (Wildman–Crippen MR) is 72.4 cm³/mol. The van der Waals surface area contributed by atoms with E-state index < -0.39 is 23.4 Å². The van der Waals surface area contributed by atoms with Crippen molar-refractivity contribution in [3.05, 3.63) is 35.9 Å². The van der Waals surface area contributed by atoms with Crippen molar-refractivity contribution in [3.63, 3.8) is 0 Å². The SMILES string of the molecule is CCOC(=O)C1=NN[C@](C)(C(=O)O)[C@H]1c1ccccc1. The number of benzene rings is 1. The number of nitrogens with one attached hydrogen (secondary N) is 1. The topological polar surface area (TPSA) is 88.0 Å². The molecule has 106 valence electrons. The molecular formula is C14H16N2O4. The number of rotatable bonds is 4. The summed E-state index contributed by atoms with van der Waals surface area (Å²) in [7, 11) is 0. The molecule has 1 heterocycles. The third-order valence-electron chi connectivity index (χ3n) is 3.32. The maximum atomic E-state index is 12.0. The molecule has 1 aromatic rings. The van der Waals surface area contributed by atoms with Gasteiger partial charge >= 0.3 is 11.9 Å². The van der Waals surface area contributed by atoms with Crippen molar-refractivity contribution in [2.45, 2.75) is 25.3 Å². The Bertz CT molecular complexity index is 556. The molecule has 2 atom stereocenters. The molecule has 2 rings (SSSR count). The average Bonchev–Trinajstić information content (AvgIpc) is 2.79. The minimum absolute atomic E-state index is 0.0861. The first-order valence-electron chi connectivity index (χ1n) is 6.31. The summed E-state index contributed by atoms with van der Waals surface area (Å²) in [5.74, 6) is -2.37. The second kappa shape index (κ2) is 5.32. The van der Waals surface area contributed by atoms with Crippen LogP contribution in [-0.2, 0) is 14.3 Å². The number of hydrogen-bond donors (Lipinski definition) is 2. The van der Waals surface area contributed by atoms with E-state index in [1.54, 1.807) is 31.2 Å². The number of aliphatic carboxylic acids is 1. The molecule has 6 nitrogen and oxygen atoms in total. The number of hydrogen-bond acceptors (Lipinski definition) is 5. The third kappa shape index (κ3) is 2.24. The van der Waals surface area contributed by atoms with Crippen LogP contribution in [0.1, 0.15) is 25.3 Å². The standard InChI is InChI=1S/C14H16N2O4/c1-3-20-12(17)11-10(9-7-5-4-6-8-9)14(2,13(18)19)16-15-11/h4-8,10,16H,3H2,1-2H3,(H,18,19)/t10-,14-/m0/s1. The Kier molecular flexibility index (Phi) is 3.74. The lowest BCUT2D eigenvalue weighted by Gasteiger charge is -2.27. The molecule has 0 saturated heterocycles. The highest BCUT2D eigenvalue weighted by Crippen LogP contribution is 2.34. The highest BCUT2D eigenvalue weighted by molar-refractivity contribution is 6.40. The predicted octanol–water partition coefficient (Wildman–Crippen LogP) is 1.14. The van der Waals surface area contributed by atoms with Crippen LogP contribution in [0.4, 0.5) is 0 Å². The van der Waals surface area contributed by atoms with Gasteiger partial charge in [-0.15, -0.1) is 0 Å². The van der Waals surface area contributed by atoms with E-state index in [2.05, 4.69) is 10.5 Å². The van der Waals surface area contributed by atoms with Gasteiger partial charge in [-0.3, -0.25) is 5.43 Å². The van der Waals surface area contributed by atoms with Crippen LogP contribution >= 0.6 is 0 Å². The van der Waals surface area contributed by atoms with Crippen molar-refractivity contribution >= 4 is 17.7 Å². The summed E-state index contributed by atoms with van der Waals surface area (Å²) >= 11 is 0. The molecular weight excluding hydrogens is 260 g/mol. The fourth-order valence-electron chi connectivity index (χ4n) is 2.26. The highest BCUT2D eigenvalue weighted by atomic mass is 16.5. The molecule has 0 radical (unpaired) electrons. The Morgan fingerprint density at radius 1 is 1.40 bits per heavy atom.